The molecule has 1 amide bonds. The van der Waals surface area contributed by atoms with Crippen molar-refractivity contribution in [3.8, 4) is 11.4 Å². The maximum Gasteiger partial charge on any atom is 0.363 e. The Morgan fingerprint density at radius 3 is 2.61 bits per heavy atom. The Kier molecular flexibility index (Phi) is 5.90. The predicted octanol–water partition coefficient (Wildman–Crippen LogP) is 3.11. The van der Waals surface area contributed by atoms with Gasteiger partial charge in [0, 0.05) is 6.20 Å². The summed E-state index contributed by atoms with van der Waals surface area (Å²) in [7, 11) is 1.42. The number of para-hydroxylation sites is 1. The molecule has 0 fully saturated rings. The van der Waals surface area contributed by atoms with Gasteiger partial charge in [-0.2, -0.15) is 5.10 Å². The summed E-state index contributed by atoms with van der Waals surface area (Å²) < 4.78 is 11.9. The number of esters is 1. The van der Waals surface area contributed by atoms with E-state index < -0.39 is 18.0 Å². The quantitative estimate of drug-likeness (QED) is 0.504. The highest BCUT2D eigenvalue weighted by Gasteiger charge is 2.25. The van der Waals surface area contributed by atoms with Crippen molar-refractivity contribution in [2.75, 3.05) is 12.4 Å². The number of methoxy groups -OCH3 is 1. The maximum atomic E-state index is 12.5. The summed E-state index contributed by atoms with van der Waals surface area (Å²) in [5.74, 6) is -1.10. The fourth-order valence-electron chi connectivity index (χ4n) is 2.35. The second-order valence-electron chi connectivity index (χ2n) is 5.70. The molecule has 9 heteroatoms. The molecule has 0 aliphatic rings. The molecule has 1 atom stereocenters. The third kappa shape index (κ3) is 4.29. The van der Waals surface area contributed by atoms with Gasteiger partial charge in [-0.3, -0.25) is 4.79 Å². The zero-order chi connectivity index (χ0) is 20.1. The highest BCUT2D eigenvalue weighted by molar-refractivity contribution is 6.32. The second-order valence-corrected chi connectivity index (χ2v) is 6.06. The summed E-state index contributed by atoms with van der Waals surface area (Å²) in [6.07, 6.45) is 1.97. The van der Waals surface area contributed by atoms with Crippen molar-refractivity contribution in [2.45, 2.75) is 13.0 Å². The smallest absolute Gasteiger partial charge is 0.363 e. The lowest BCUT2D eigenvalue weighted by Gasteiger charge is -2.13. The number of pyridine rings is 1. The molecule has 0 bridgehead atoms. The Hall–Kier alpha value is -3.39. The number of aromatic nitrogens is 3. The van der Waals surface area contributed by atoms with Crippen LogP contribution in [0.3, 0.4) is 0 Å². The number of amides is 1. The zero-order valence-electron chi connectivity index (χ0n) is 15.1. The molecule has 3 rings (SSSR count). The summed E-state index contributed by atoms with van der Waals surface area (Å²) in [6.45, 7) is 1.44. The zero-order valence-corrected chi connectivity index (χ0v) is 15.9. The minimum absolute atomic E-state index is 0.0367. The van der Waals surface area contributed by atoms with Gasteiger partial charge in [-0.15, -0.1) is 0 Å². The number of carbonyl (C=O) groups excluding carboxylic acids is 2. The van der Waals surface area contributed by atoms with Gasteiger partial charge >= 0.3 is 5.97 Å². The molecular weight excluding hydrogens is 384 g/mol. The summed E-state index contributed by atoms with van der Waals surface area (Å²) >= 11 is 5.91. The van der Waals surface area contributed by atoms with E-state index in [4.69, 9.17) is 21.1 Å². The minimum Gasteiger partial charge on any atom is -0.493 e. The van der Waals surface area contributed by atoms with Crippen molar-refractivity contribution in [1.82, 2.24) is 14.8 Å². The molecule has 0 saturated heterocycles. The van der Waals surface area contributed by atoms with E-state index in [1.807, 2.05) is 30.3 Å². The van der Waals surface area contributed by atoms with Crippen LogP contribution in [0.4, 0.5) is 5.69 Å². The van der Waals surface area contributed by atoms with Gasteiger partial charge in [-0.05, 0) is 31.2 Å². The van der Waals surface area contributed by atoms with Gasteiger partial charge in [0.05, 0.1) is 24.7 Å². The molecule has 0 radical (unpaired) electrons. The van der Waals surface area contributed by atoms with Crippen LogP contribution in [-0.2, 0) is 9.53 Å². The Morgan fingerprint density at radius 2 is 1.93 bits per heavy atom. The molecule has 1 aromatic carbocycles. The van der Waals surface area contributed by atoms with Gasteiger partial charge in [0.15, 0.2) is 17.0 Å². The van der Waals surface area contributed by atoms with E-state index in [2.05, 4.69) is 15.4 Å². The number of rotatable bonds is 6. The highest BCUT2D eigenvalue weighted by atomic mass is 35.5. The first-order valence-electron chi connectivity index (χ1n) is 8.31. The summed E-state index contributed by atoms with van der Waals surface area (Å²) in [6, 6.07) is 12.4. The van der Waals surface area contributed by atoms with Crippen LogP contribution in [-0.4, -0.2) is 39.9 Å². The van der Waals surface area contributed by atoms with Crippen molar-refractivity contribution in [2.24, 2.45) is 0 Å². The molecular formula is C19H17ClN4O4. The largest absolute Gasteiger partial charge is 0.493 e. The molecule has 0 aliphatic heterocycles. The average molecular weight is 401 g/mol. The van der Waals surface area contributed by atoms with Crippen LogP contribution in [0.2, 0.25) is 5.15 Å². The third-order valence-corrected chi connectivity index (χ3v) is 4.09. The van der Waals surface area contributed by atoms with Crippen molar-refractivity contribution >= 4 is 29.2 Å². The number of hydrogen-bond acceptors (Lipinski definition) is 6. The molecule has 1 unspecified atom stereocenters. The van der Waals surface area contributed by atoms with Crippen LogP contribution in [0.1, 0.15) is 17.4 Å². The molecule has 1 N–H and O–H groups in total. The molecule has 0 saturated carbocycles. The summed E-state index contributed by atoms with van der Waals surface area (Å²) in [4.78, 5) is 28.7. The number of nitrogens with one attached hydrogen (secondary N) is 1. The van der Waals surface area contributed by atoms with E-state index in [9.17, 15) is 9.59 Å². The monoisotopic (exact) mass is 400 g/mol. The van der Waals surface area contributed by atoms with Gasteiger partial charge in [-0.1, -0.05) is 29.8 Å². The molecule has 8 nitrogen and oxygen atoms in total. The summed E-state index contributed by atoms with van der Waals surface area (Å²) in [5.41, 5.74) is 1.03. The Morgan fingerprint density at radius 1 is 1.18 bits per heavy atom. The Balaban J connectivity index is 1.72. The molecule has 28 heavy (non-hydrogen) atoms. The molecule has 2 heterocycles. The van der Waals surface area contributed by atoms with Gasteiger partial charge < -0.3 is 14.8 Å². The number of hydrogen-bond donors (Lipinski definition) is 1. The number of carbonyl (C=O) groups is 2. The van der Waals surface area contributed by atoms with Crippen LogP contribution in [0, 0.1) is 0 Å². The molecule has 0 aliphatic carbocycles. The lowest BCUT2D eigenvalue weighted by molar-refractivity contribution is -0.123. The van der Waals surface area contributed by atoms with Crippen molar-refractivity contribution in [3.05, 3.63) is 65.7 Å². The van der Waals surface area contributed by atoms with Gasteiger partial charge in [0.25, 0.3) is 5.91 Å². The van der Waals surface area contributed by atoms with Gasteiger partial charge in [-0.25, -0.2) is 14.5 Å². The fraction of sp³-hybridized carbons (Fsp3) is 0.158. The number of anilines is 1. The normalized spacial score (nSPS) is 11.5. The number of ether oxygens (including phenoxy) is 2. The first-order valence-corrected chi connectivity index (χ1v) is 8.69. The number of benzene rings is 1. The highest BCUT2D eigenvalue weighted by Crippen LogP contribution is 2.21. The lowest BCUT2D eigenvalue weighted by atomic mass is 10.3. The van der Waals surface area contributed by atoms with Gasteiger partial charge in [0.1, 0.15) is 0 Å². The van der Waals surface area contributed by atoms with E-state index in [0.717, 1.165) is 5.69 Å². The standard InChI is InChI=1S/C19H17ClN4O4/c1-12(18(25)22-14-9-6-10-21-17(14)20)28-19(26)16-15(27-2)11-24(23-16)13-7-4-3-5-8-13/h3-12H,1-2H3,(H,22,25). The molecule has 3 aromatic rings. The lowest BCUT2D eigenvalue weighted by Crippen LogP contribution is -2.30. The third-order valence-electron chi connectivity index (χ3n) is 3.78. The summed E-state index contributed by atoms with van der Waals surface area (Å²) in [5, 5.41) is 6.91. The first kappa shape index (κ1) is 19.4. The van der Waals surface area contributed by atoms with Crippen LogP contribution >= 0.6 is 11.6 Å². The topological polar surface area (TPSA) is 95.3 Å². The van der Waals surface area contributed by atoms with Crippen LogP contribution in [0.15, 0.2) is 54.9 Å². The van der Waals surface area contributed by atoms with E-state index >= 15 is 0 Å². The van der Waals surface area contributed by atoms with Crippen LogP contribution in [0.25, 0.3) is 5.69 Å². The van der Waals surface area contributed by atoms with Crippen LogP contribution in [0.5, 0.6) is 5.75 Å². The van der Waals surface area contributed by atoms with Crippen molar-refractivity contribution in [1.29, 1.82) is 0 Å². The van der Waals surface area contributed by atoms with E-state index in [0.29, 0.717) is 5.69 Å². The second kappa shape index (κ2) is 8.53. The van der Waals surface area contributed by atoms with E-state index in [-0.39, 0.29) is 16.6 Å². The van der Waals surface area contributed by atoms with Crippen LogP contribution < -0.4 is 10.1 Å². The molecule has 144 valence electrons. The van der Waals surface area contributed by atoms with E-state index in [1.54, 1.807) is 18.3 Å². The molecule has 2 aromatic heterocycles. The SMILES string of the molecule is COc1cn(-c2ccccc2)nc1C(=O)OC(C)C(=O)Nc1cccnc1Cl. The Bertz CT molecular complexity index is 991. The number of halogens is 1. The first-order chi connectivity index (χ1) is 13.5. The van der Waals surface area contributed by atoms with E-state index in [1.165, 1.54) is 24.9 Å². The maximum absolute atomic E-state index is 12.5. The predicted molar refractivity (Wildman–Crippen MR) is 103 cm³/mol. The number of nitrogens with zero attached hydrogens (tertiary/aromatic N) is 3. The van der Waals surface area contributed by atoms with Gasteiger partial charge in [0.2, 0.25) is 5.69 Å². The molecule has 0 spiro atoms. The van der Waals surface area contributed by atoms with Crippen molar-refractivity contribution < 1.29 is 19.1 Å². The minimum atomic E-state index is -1.09. The Labute approximate surface area is 166 Å². The fourth-order valence-corrected chi connectivity index (χ4v) is 2.51. The average Bonchev–Trinajstić information content (AvgIpc) is 3.15. The van der Waals surface area contributed by atoms with Crippen molar-refractivity contribution in [3.63, 3.8) is 0 Å².